The third-order valence-corrected chi connectivity index (χ3v) is 13.6. The molecule has 2 aromatic carbocycles. The summed E-state index contributed by atoms with van der Waals surface area (Å²) in [6.45, 7) is 5.58. The topological polar surface area (TPSA) is 163 Å². The van der Waals surface area contributed by atoms with E-state index in [-0.39, 0.29) is 38.2 Å². The maximum Gasteiger partial charge on any atom is 0.408 e. The molecule has 0 N–H and O–H groups in total. The number of benzene rings is 2. The first kappa shape index (κ1) is 45.4. The Labute approximate surface area is 332 Å². The van der Waals surface area contributed by atoms with E-state index in [1.807, 2.05) is 0 Å². The van der Waals surface area contributed by atoms with Gasteiger partial charge in [0.05, 0.1) is 40.6 Å². The van der Waals surface area contributed by atoms with Crippen molar-refractivity contribution in [3.05, 3.63) is 76.1 Å². The summed E-state index contributed by atoms with van der Waals surface area (Å²) < 4.78 is 152. The van der Waals surface area contributed by atoms with Crippen LogP contribution in [0.4, 0.5) is 27.8 Å². The Morgan fingerprint density at radius 3 is 1.96 bits per heavy atom. The Balaban J connectivity index is 2.20. The van der Waals surface area contributed by atoms with Crippen molar-refractivity contribution in [3.8, 4) is 23.0 Å². The van der Waals surface area contributed by atoms with Gasteiger partial charge in [0.15, 0.2) is 15.7 Å². The van der Waals surface area contributed by atoms with E-state index in [0.717, 1.165) is 24.5 Å². The Kier molecular flexibility index (Phi) is 12.6. The summed E-state index contributed by atoms with van der Waals surface area (Å²) in [6.07, 6.45) is -3.88. The van der Waals surface area contributed by atoms with Crippen molar-refractivity contribution >= 4 is 64.2 Å². The number of ether oxygens (including phenoxy) is 1. The largest absolute Gasteiger partial charge is 0.460 e. The number of rotatable bonds is 11. The normalized spacial score (nSPS) is 13.6. The summed E-state index contributed by atoms with van der Waals surface area (Å²) in [6, 6.07) is 7.63. The van der Waals surface area contributed by atoms with Gasteiger partial charge in [-0.25, -0.2) is 39.0 Å². The van der Waals surface area contributed by atoms with Crippen LogP contribution in [0.2, 0.25) is 5.02 Å². The Bertz CT molecular complexity index is 2600. The number of alkyl halides is 3. The van der Waals surface area contributed by atoms with E-state index in [2.05, 4.69) is 21.9 Å². The Morgan fingerprint density at radius 2 is 1.46 bits per heavy atom. The van der Waals surface area contributed by atoms with Crippen LogP contribution in [0.3, 0.4) is 0 Å². The highest BCUT2D eigenvalue weighted by molar-refractivity contribution is 8.09. The van der Waals surface area contributed by atoms with Gasteiger partial charge in [-0.15, -0.1) is 3.71 Å². The molecule has 0 saturated carbocycles. The van der Waals surface area contributed by atoms with Crippen molar-refractivity contribution < 1.29 is 56.7 Å². The summed E-state index contributed by atoms with van der Waals surface area (Å²) >= 11 is 6.50. The van der Waals surface area contributed by atoms with E-state index in [1.165, 1.54) is 32.0 Å². The number of halogens is 6. The van der Waals surface area contributed by atoms with Gasteiger partial charge < -0.3 is 4.74 Å². The molecule has 0 aliphatic rings. The smallest absolute Gasteiger partial charge is 0.408 e. The molecule has 0 aliphatic carbocycles. The SMILES string of the molecule is CC(C)(C)OC(=O)C[C@@H](Cc1cc(F)cc(F)c1)c1nc(C#CC(C)(C)S(C)(=O)=O)ccc1-c1ccc(Cl)c2c(N(S(C)(=O)=O)S(C)(=O)=O)nn(CC(F)(F)F)c12. The third-order valence-electron chi connectivity index (χ3n) is 8.19. The van der Waals surface area contributed by atoms with Gasteiger partial charge in [-0.05, 0) is 82.9 Å². The molecular weight excluding hydrogens is 843 g/mol. The highest BCUT2D eigenvalue weighted by atomic mass is 35.5. The van der Waals surface area contributed by atoms with Crippen molar-refractivity contribution in [2.24, 2.45) is 0 Å². The second kappa shape index (κ2) is 15.8. The van der Waals surface area contributed by atoms with E-state index in [1.54, 1.807) is 20.8 Å². The number of hydrogen-bond donors (Lipinski definition) is 0. The van der Waals surface area contributed by atoms with Crippen LogP contribution in [0.15, 0.2) is 42.5 Å². The van der Waals surface area contributed by atoms with Crippen molar-refractivity contribution in [3.63, 3.8) is 0 Å². The van der Waals surface area contributed by atoms with Gasteiger partial charge in [-0.2, -0.15) is 18.3 Å². The fourth-order valence-electron chi connectivity index (χ4n) is 5.71. The predicted octanol–water partition coefficient (Wildman–Crippen LogP) is 6.55. The minimum atomic E-state index is -5.01. The number of aromatic nitrogens is 3. The summed E-state index contributed by atoms with van der Waals surface area (Å²) in [5.74, 6) is 0.424. The highest BCUT2D eigenvalue weighted by Crippen LogP contribution is 2.43. The number of sulfone groups is 1. The van der Waals surface area contributed by atoms with Crippen LogP contribution in [0.1, 0.15) is 63.9 Å². The fraction of sp³-hybridized carbons (Fsp3) is 0.417. The maximum absolute atomic E-state index is 14.5. The van der Waals surface area contributed by atoms with E-state index in [4.69, 9.17) is 16.3 Å². The molecule has 0 aliphatic heterocycles. The summed E-state index contributed by atoms with van der Waals surface area (Å²) in [5, 5.41) is 2.91. The minimum Gasteiger partial charge on any atom is -0.460 e. The minimum absolute atomic E-state index is 0.0334. The number of sulfonamides is 2. The van der Waals surface area contributed by atoms with Crippen LogP contribution in [0.25, 0.3) is 22.0 Å². The highest BCUT2D eigenvalue weighted by Gasteiger charge is 2.38. The fourth-order valence-corrected chi connectivity index (χ4v) is 9.03. The number of nitrogens with zero attached hydrogens (tertiary/aromatic N) is 4. The molecule has 2 aromatic heterocycles. The van der Waals surface area contributed by atoms with E-state index in [0.29, 0.717) is 23.3 Å². The first-order chi connectivity index (χ1) is 25.8. The summed E-state index contributed by atoms with van der Waals surface area (Å²) in [5.41, 5.74) is -1.89. The van der Waals surface area contributed by atoms with Gasteiger partial charge in [-0.1, -0.05) is 23.6 Å². The van der Waals surface area contributed by atoms with Gasteiger partial charge in [-0.3, -0.25) is 9.48 Å². The molecule has 4 rings (SSSR count). The Hall–Kier alpha value is -4.32. The number of carbonyl (C=O) groups excluding carboxylic acids is 1. The van der Waals surface area contributed by atoms with Crippen LogP contribution in [0, 0.1) is 23.5 Å². The molecule has 310 valence electrons. The standard InChI is InChI=1S/C36H38ClF5N4O8S3/c1-34(2,3)54-29(47)18-22(15-21-16-23(38)19-24(39)17-21)31-26(10-9-25(43-31)13-14-35(4,5)55(6,48)49)27-11-12-28(37)30-32(27)45(20-36(40,41)42)44-33(30)46(56(7,50)51)57(8,52)53/h9-12,16-17,19,22H,15,18,20H2,1-8H3/t22-/m1/s1. The Morgan fingerprint density at radius 1 is 0.895 bits per heavy atom. The number of anilines is 1. The van der Waals surface area contributed by atoms with E-state index in [9.17, 15) is 52.0 Å². The first-order valence-electron chi connectivity index (χ1n) is 16.6. The first-order valence-corrected chi connectivity index (χ1v) is 22.6. The molecule has 21 heteroatoms. The second-order valence-corrected chi connectivity index (χ2v) is 21.6. The molecule has 0 amide bonds. The molecule has 0 unspecified atom stereocenters. The number of pyridine rings is 1. The average molecular weight is 881 g/mol. The molecule has 57 heavy (non-hydrogen) atoms. The maximum atomic E-state index is 14.5. The lowest BCUT2D eigenvalue weighted by Gasteiger charge is -2.24. The molecule has 12 nitrogen and oxygen atoms in total. The number of esters is 1. The van der Waals surface area contributed by atoms with Crippen LogP contribution in [-0.2, 0) is 52.4 Å². The van der Waals surface area contributed by atoms with E-state index >= 15 is 0 Å². The zero-order valence-corrected chi connectivity index (χ0v) is 35.0. The molecule has 0 fully saturated rings. The van der Waals surface area contributed by atoms with Gasteiger partial charge in [0, 0.05) is 29.4 Å². The average Bonchev–Trinajstić information content (AvgIpc) is 3.33. The molecule has 0 radical (unpaired) electrons. The zero-order chi connectivity index (χ0) is 43.3. The number of carbonyl (C=O) groups is 1. The van der Waals surface area contributed by atoms with Gasteiger partial charge in [0.1, 0.15) is 34.2 Å². The lowest BCUT2D eigenvalue weighted by atomic mass is 9.87. The van der Waals surface area contributed by atoms with Crippen molar-refractivity contribution in [2.75, 3.05) is 22.5 Å². The van der Waals surface area contributed by atoms with Crippen LogP contribution < -0.4 is 3.71 Å². The van der Waals surface area contributed by atoms with Crippen molar-refractivity contribution in [1.82, 2.24) is 14.8 Å². The summed E-state index contributed by atoms with van der Waals surface area (Å²) in [4.78, 5) is 18.1. The number of hydrogen-bond acceptors (Lipinski definition) is 10. The quantitative estimate of drug-likeness (QED) is 0.0918. The van der Waals surface area contributed by atoms with Gasteiger partial charge in [0.25, 0.3) is 0 Å². The van der Waals surface area contributed by atoms with Crippen LogP contribution >= 0.6 is 11.6 Å². The molecule has 1 atom stereocenters. The molecule has 0 bridgehead atoms. The lowest BCUT2D eigenvalue weighted by Crippen LogP contribution is -2.36. The molecule has 0 saturated heterocycles. The second-order valence-electron chi connectivity index (χ2n) is 14.8. The molecule has 4 aromatic rings. The molecule has 2 heterocycles. The lowest BCUT2D eigenvalue weighted by molar-refractivity contribution is -0.155. The summed E-state index contributed by atoms with van der Waals surface area (Å²) in [7, 11) is -13.3. The van der Waals surface area contributed by atoms with Crippen LogP contribution in [0.5, 0.6) is 0 Å². The van der Waals surface area contributed by atoms with Crippen molar-refractivity contribution in [1.29, 1.82) is 0 Å². The predicted molar refractivity (Wildman–Crippen MR) is 205 cm³/mol. The molecular formula is C36H38ClF5N4O8S3. The van der Waals surface area contributed by atoms with E-state index < -0.39 is 105 Å². The van der Waals surface area contributed by atoms with Gasteiger partial charge >= 0.3 is 12.1 Å². The van der Waals surface area contributed by atoms with Gasteiger partial charge in [0.2, 0.25) is 20.0 Å². The molecule has 0 spiro atoms. The third kappa shape index (κ3) is 11.2. The zero-order valence-electron chi connectivity index (χ0n) is 31.8. The number of fused-ring (bicyclic) bond motifs is 1. The van der Waals surface area contributed by atoms with Crippen LogP contribution in [-0.4, -0.2) is 81.3 Å². The monoisotopic (exact) mass is 880 g/mol. The van der Waals surface area contributed by atoms with Crippen molar-refractivity contribution in [2.45, 2.75) is 76.4 Å².